The molecule has 0 aliphatic heterocycles. The Morgan fingerprint density at radius 1 is 1.11 bits per heavy atom. The molecule has 2 rings (SSSR count). The lowest BCUT2D eigenvalue weighted by atomic mass is 10.2. The van der Waals surface area contributed by atoms with Gasteiger partial charge in [-0.25, -0.2) is 8.78 Å². The van der Waals surface area contributed by atoms with Crippen LogP contribution < -0.4 is 10.5 Å². The van der Waals surface area contributed by atoms with Crippen molar-refractivity contribution in [1.29, 1.82) is 0 Å². The highest BCUT2D eigenvalue weighted by atomic mass is 19.1. The summed E-state index contributed by atoms with van der Waals surface area (Å²) < 4.78 is 31.2. The minimum absolute atomic E-state index is 0.0817. The van der Waals surface area contributed by atoms with Crippen LogP contribution in [-0.4, -0.2) is 4.98 Å². The zero-order valence-electron chi connectivity index (χ0n) is 9.57. The van der Waals surface area contributed by atoms with Crippen LogP contribution in [0.4, 0.5) is 8.78 Å². The number of nitrogens with zero attached hydrogens (tertiary/aromatic N) is 1. The molecular weight excluding hydrogens is 238 g/mol. The number of ether oxygens (including phenoxy) is 1. The predicted molar refractivity (Wildman–Crippen MR) is 62.8 cm³/mol. The Kier molecular flexibility index (Phi) is 3.84. The summed E-state index contributed by atoms with van der Waals surface area (Å²) in [5, 5.41) is 0. The van der Waals surface area contributed by atoms with E-state index in [2.05, 4.69) is 4.98 Å². The summed E-state index contributed by atoms with van der Waals surface area (Å²) in [5.41, 5.74) is 6.59. The third kappa shape index (κ3) is 3.24. The lowest BCUT2D eigenvalue weighted by molar-refractivity contribution is 0.303. The summed E-state index contributed by atoms with van der Waals surface area (Å²) in [4.78, 5) is 4.05. The summed E-state index contributed by atoms with van der Waals surface area (Å²) in [6.07, 6.45) is 1.53. The minimum atomic E-state index is -0.620. The average molecular weight is 250 g/mol. The number of nitrogens with two attached hydrogens (primary N) is 1. The molecule has 1 heterocycles. The van der Waals surface area contributed by atoms with Gasteiger partial charge in [-0.1, -0.05) is 0 Å². The maximum absolute atomic E-state index is 12.9. The van der Waals surface area contributed by atoms with Crippen molar-refractivity contribution in [3.63, 3.8) is 0 Å². The van der Waals surface area contributed by atoms with Gasteiger partial charge in [0.2, 0.25) is 0 Å². The fourth-order valence-corrected chi connectivity index (χ4v) is 1.48. The first kappa shape index (κ1) is 12.4. The van der Waals surface area contributed by atoms with Crippen molar-refractivity contribution in [2.75, 3.05) is 0 Å². The Hall–Kier alpha value is -2.01. The molecule has 18 heavy (non-hydrogen) atoms. The summed E-state index contributed by atoms with van der Waals surface area (Å²) in [5.74, 6) is -0.715. The molecule has 0 bridgehead atoms. The molecule has 1 aromatic carbocycles. The van der Waals surface area contributed by atoms with E-state index in [0.29, 0.717) is 17.9 Å². The zero-order valence-corrected chi connectivity index (χ0v) is 9.57. The summed E-state index contributed by atoms with van der Waals surface area (Å²) in [7, 11) is 0. The van der Waals surface area contributed by atoms with Crippen molar-refractivity contribution < 1.29 is 13.5 Å². The number of hydrogen-bond acceptors (Lipinski definition) is 3. The Morgan fingerprint density at radius 2 is 1.83 bits per heavy atom. The normalized spacial score (nSPS) is 10.4. The maximum atomic E-state index is 12.9. The van der Waals surface area contributed by atoms with Crippen molar-refractivity contribution in [2.24, 2.45) is 5.73 Å². The molecule has 0 aliphatic rings. The second kappa shape index (κ2) is 5.55. The number of benzene rings is 1. The third-order valence-electron chi connectivity index (χ3n) is 2.33. The van der Waals surface area contributed by atoms with Crippen LogP contribution >= 0.6 is 0 Å². The molecular formula is C13H12F2N2O. The van der Waals surface area contributed by atoms with Gasteiger partial charge in [-0.05, 0) is 29.8 Å². The first-order chi connectivity index (χ1) is 8.67. The standard InChI is InChI=1S/C13H12F2N2O/c14-10-3-9(4-11(15)5-10)8-18-13-2-1-12(6-16)17-7-13/h1-5,7H,6,8,16H2. The van der Waals surface area contributed by atoms with E-state index in [1.165, 1.54) is 18.3 Å². The quantitative estimate of drug-likeness (QED) is 0.906. The fraction of sp³-hybridized carbons (Fsp3) is 0.154. The lowest BCUT2D eigenvalue weighted by Crippen LogP contribution is -2.01. The molecule has 0 atom stereocenters. The van der Waals surface area contributed by atoms with Gasteiger partial charge in [-0.3, -0.25) is 4.98 Å². The van der Waals surface area contributed by atoms with Crippen LogP contribution in [0.25, 0.3) is 0 Å². The van der Waals surface area contributed by atoms with E-state index in [9.17, 15) is 8.78 Å². The monoisotopic (exact) mass is 250 g/mol. The van der Waals surface area contributed by atoms with E-state index in [1.54, 1.807) is 12.1 Å². The Labute approximate surface area is 103 Å². The number of hydrogen-bond donors (Lipinski definition) is 1. The van der Waals surface area contributed by atoms with Crippen molar-refractivity contribution in [2.45, 2.75) is 13.2 Å². The molecule has 94 valence electrons. The van der Waals surface area contributed by atoms with Gasteiger partial charge in [0.25, 0.3) is 0 Å². The van der Waals surface area contributed by atoms with E-state index < -0.39 is 11.6 Å². The molecule has 2 N–H and O–H groups in total. The van der Waals surface area contributed by atoms with E-state index in [-0.39, 0.29) is 6.61 Å². The second-order valence-corrected chi connectivity index (χ2v) is 3.76. The fourth-order valence-electron chi connectivity index (χ4n) is 1.48. The third-order valence-corrected chi connectivity index (χ3v) is 2.33. The van der Waals surface area contributed by atoms with E-state index in [4.69, 9.17) is 10.5 Å². The van der Waals surface area contributed by atoms with Gasteiger partial charge in [0.1, 0.15) is 24.0 Å². The highest BCUT2D eigenvalue weighted by Crippen LogP contribution is 2.13. The molecule has 0 spiro atoms. The van der Waals surface area contributed by atoms with Crippen LogP contribution in [-0.2, 0) is 13.2 Å². The molecule has 0 radical (unpaired) electrons. The zero-order chi connectivity index (χ0) is 13.0. The van der Waals surface area contributed by atoms with Gasteiger partial charge in [-0.2, -0.15) is 0 Å². The maximum Gasteiger partial charge on any atom is 0.138 e. The number of aromatic nitrogens is 1. The first-order valence-electron chi connectivity index (χ1n) is 5.40. The van der Waals surface area contributed by atoms with Gasteiger partial charge in [0, 0.05) is 12.6 Å². The van der Waals surface area contributed by atoms with Crippen molar-refractivity contribution in [3.8, 4) is 5.75 Å². The van der Waals surface area contributed by atoms with Crippen LogP contribution in [0.2, 0.25) is 0 Å². The number of rotatable bonds is 4. The van der Waals surface area contributed by atoms with Crippen LogP contribution in [0.15, 0.2) is 36.5 Å². The number of pyridine rings is 1. The molecule has 0 fully saturated rings. The molecule has 0 aliphatic carbocycles. The van der Waals surface area contributed by atoms with Crippen LogP contribution in [0.3, 0.4) is 0 Å². The van der Waals surface area contributed by atoms with Crippen molar-refractivity contribution in [1.82, 2.24) is 4.98 Å². The van der Waals surface area contributed by atoms with Crippen molar-refractivity contribution in [3.05, 3.63) is 59.4 Å². The molecule has 0 unspecified atom stereocenters. The molecule has 0 amide bonds. The molecule has 5 heteroatoms. The summed E-state index contributed by atoms with van der Waals surface area (Å²) in [6.45, 7) is 0.438. The molecule has 3 nitrogen and oxygen atoms in total. The van der Waals surface area contributed by atoms with E-state index in [1.807, 2.05) is 0 Å². The highest BCUT2D eigenvalue weighted by Gasteiger charge is 2.02. The van der Waals surface area contributed by atoms with E-state index >= 15 is 0 Å². The summed E-state index contributed by atoms with van der Waals surface area (Å²) >= 11 is 0. The highest BCUT2D eigenvalue weighted by molar-refractivity contribution is 5.22. The predicted octanol–water partition coefficient (Wildman–Crippen LogP) is 2.40. The van der Waals surface area contributed by atoms with Gasteiger partial charge in [0.05, 0.1) is 11.9 Å². The van der Waals surface area contributed by atoms with Crippen molar-refractivity contribution >= 4 is 0 Å². The Balaban J connectivity index is 2.01. The topological polar surface area (TPSA) is 48.1 Å². The number of halogens is 2. The van der Waals surface area contributed by atoms with Gasteiger partial charge >= 0.3 is 0 Å². The first-order valence-corrected chi connectivity index (χ1v) is 5.40. The van der Waals surface area contributed by atoms with E-state index in [0.717, 1.165) is 11.8 Å². The molecule has 2 aromatic rings. The van der Waals surface area contributed by atoms with Gasteiger partial charge < -0.3 is 10.5 Å². The minimum Gasteiger partial charge on any atom is -0.487 e. The van der Waals surface area contributed by atoms with Gasteiger partial charge in [-0.15, -0.1) is 0 Å². The Morgan fingerprint density at radius 3 is 2.39 bits per heavy atom. The lowest BCUT2D eigenvalue weighted by Gasteiger charge is -2.06. The summed E-state index contributed by atoms with van der Waals surface area (Å²) in [6, 6.07) is 6.73. The van der Waals surface area contributed by atoms with Crippen LogP contribution in [0.5, 0.6) is 5.75 Å². The van der Waals surface area contributed by atoms with Crippen LogP contribution in [0, 0.1) is 11.6 Å². The molecule has 1 aromatic heterocycles. The SMILES string of the molecule is NCc1ccc(OCc2cc(F)cc(F)c2)cn1. The molecule has 0 saturated carbocycles. The van der Waals surface area contributed by atoms with Gasteiger partial charge in [0.15, 0.2) is 0 Å². The second-order valence-electron chi connectivity index (χ2n) is 3.76. The smallest absolute Gasteiger partial charge is 0.138 e. The molecule has 0 saturated heterocycles. The average Bonchev–Trinajstić information content (AvgIpc) is 2.36. The van der Waals surface area contributed by atoms with Crippen LogP contribution in [0.1, 0.15) is 11.3 Å². The largest absolute Gasteiger partial charge is 0.487 e. The Bertz CT molecular complexity index is 509.